The third-order valence-electron chi connectivity index (χ3n) is 2.31. The van der Waals surface area contributed by atoms with Gasteiger partial charge in [0.05, 0.1) is 18.0 Å². The first-order valence-corrected chi connectivity index (χ1v) is 6.09. The predicted molar refractivity (Wildman–Crippen MR) is 61.3 cm³/mol. The van der Waals surface area contributed by atoms with Gasteiger partial charge in [0.25, 0.3) is 0 Å². The Kier molecular flexibility index (Phi) is 3.60. The molecule has 1 N–H and O–H groups in total. The van der Waals surface area contributed by atoms with Crippen molar-refractivity contribution in [1.29, 1.82) is 0 Å². The van der Waals surface area contributed by atoms with Crippen molar-refractivity contribution in [3.63, 3.8) is 0 Å². The molecule has 18 heavy (non-hydrogen) atoms. The fourth-order valence-corrected chi connectivity index (χ4v) is 2.00. The molecule has 0 aromatic carbocycles. The van der Waals surface area contributed by atoms with Gasteiger partial charge >= 0.3 is 5.97 Å². The van der Waals surface area contributed by atoms with Crippen molar-refractivity contribution in [3.05, 3.63) is 17.0 Å². The van der Waals surface area contributed by atoms with E-state index in [9.17, 15) is 4.79 Å². The monoisotopic (exact) mass is 269 g/mol. The van der Waals surface area contributed by atoms with Gasteiger partial charge in [0.2, 0.25) is 5.16 Å². The summed E-state index contributed by atoms with van der Waals surface area (Å²) < 4.78 is 6.58. The molecule has 2 heterocycles. The minimum Gasteiger partial charge on any atom is -0.481 e. The number of aliphatic carboxylic acids is 1. The minimum atomic E-state index is -0.910. The Morgan fingerprint density at radius 2 is 2.28 bits per heavy atom. The first-order valence-electron chi connectivity index (χ1n) is 5.10. The van der Waals surface area contributed by atoms with Crippen molar-refractivity contribution in [1.82, 2.24) is 25.4 Å². The summed E-state index contributed by atoms with van der Waals surface area (Å²) in [6.45, 7) is 4.06. The first-order chi connectivity index (χ1) is 8.58. The smallest absolute Gasteiger partial charge is 0.313 e. The van der Waals surface area contributed by atoms with E-state index < -0.39 is 5.97 Å². The maximum absolute atomic E-state index is 10.5. The van der Waals surface area contributed by atoms with Crippen LogP contribution in [0.15, 0.2) is 9.68 Å². The summed E-state index contributed by atoms with van der Waals surface area (Å²) in [6, 6.07) is 0. The normalized spacial score (nSPS) is 10.8. The van der Waals surface area contributed by atoms with E-state index in [4.69, 9.17) is 9.63 Å². The molecule has 96 valence electrons. The summed E-state index contributed by atoms with van der Waals surface area (Å²) in [4.78, 5) is 10.5. The Bertz CT molecular complexity index is 545. The molecule has 0 radical (unpaired) electrons. The molecule has 2 rings (SSSR count). The highest BCUT2D eigenvalue weighted by atomic mass is 32.2. The number of tetrazole rings is 1. The number of rotatable bonds is 5. The van der Waals surface area contributed by atoms with Gasteiger partial charge in [-0.25, -0.2) is 4.68 Å². The Morgan fingerprint density at radius 1 is 1.50 bits per heavy atom. The molecule has 0 spiro atoms. The number of hydrogen-bond acceptors (Lipinski definition) is 7. The molecule has 8 nitrogen and oxygen atoms in total. The van der Waals surface area contributed by atoms with Gasteiger partial charge < -0.3 is 9.63 Å². The highest BCUT2D eigenvalue weighted by Gasteiger charge is 2.14. The Hall–Kier alpha value is -1.90. The second-order valence-electron chi connectivity index (χ2n) is 3.60. The van der Waals surface area contributed by atoms with Crippen LogP contribution in [0.25, 0.3) is 0 Å². The van der Waals surface area contributed by atoms with E-state index >= 15 is 0 Å². The van der Waals surface area contributed by atoms with Crippen LogP contribution in [0.4, 0.5) is 0 Å². The van der Waals surface area contributed by atoms with E-state index in [2.05, 4.69) is 20.7 Å². The van der Waals surface area contributed by atoms with Gasteiger partial charge in [-0.2, -0.15) is 0 Å². The maximum Gasteiger partial charge on any atom is 0.313 e. The van der Waals surface area contributed by atoms with Crippen molar-refractivity contribution in [3.8, 4) is 0 Å². The second kappa shape index (κ2) is 5.17. The van der Waals surface area contributed by atoms with Crippen molar-refractivity contribution in [2.45, 2.75) is 25.5 Å². The third-order valence-corrected chi connectivity index (χ3v) is 3.25. The lowest BCUT2D eigenvalue weighted by Crippen LogP contribution is -2.07. The lowest BCUT2D eigenvalue weighted by Gasteiger charge is -2.02. The van der Waals surface area contributed by atoms with Crippen LogP contribution in [0, 0.1) is 13.8 Å². The van der Waals surface area contributed by atoms with Crippen LogP contribution in [0.3, 0.4) is 0 Å². The molecular weight excluding hydrogens is 258 g/mol. The lowest BCUT2D eigenvalue weighted by atomic mass is 10.2. The molecule has 0 aliphatic heterocycles. The molecule has 0 saturated heterocycles. The largest absolute Gasteiger partial charge is 0.481 e. The fourth-order valence-electron chi connectivity index (χ4n) is 1.40. The fraction of sp³-hybridized carbons (Fsp3) is 0.444. The van der Waals surface area contributed by atoms with Crippen LogP contribution < -0.4 is 0 Å². The maximum atomic E-state index is 10.5. The Labute approximate surface area is 106 Å². The third kappa shape index (κ3) is 2.67. The average Bonchev–Trinajstić information content (AvgIpc) is 2.88. The summed E-state index contributed by atoms with van der Waals surface area (Å²) >= 11 is 1.07. The number of aromatic nitrogens is 5. The molecule has 0 unspecified atom stereocenters. The molecule has 0 aliphatic carbocycles. The number of nitrogens with zero attached hydrogens (tertiary/aromatic N) is 5. The van der Waals surface area contributed by atoms with E-state index in [0.717, 1.165) is 23.0 Å². The number of aryl methyl sites for hydroxylation is 2. The second-order valence-corrected chi connectivity index (χ2v) is 4.55. The van der Waals surface area contributed by atoms with Gasteiger partial charge in [0.15, 0.2) is 0 Å². The molecule has 0 amide bonds. The van der Waals surface area contributed by atoms with Crippen LogP contribution in [-0.2, 0) is 11.3 Å². The van der Waals surface area contributed by atoms with Gasteiger partial charge in [-0.15, -0.1) is 5.10 Å². The summed E-state index contributed by atoms with van der Waals surface area (Å²) in [5.74, 6) is -0.286. The molecule has 0 bridgehead atoms. The number of carboxylic acids is 1. The average molecular weight is 269 g/mol. The minimum absolute atomic E-state index is 0.0814. The molecule has 2 aromatic heterocycles. The summed E-state index contributed by atoms with van der Waals surface area (Å²) in [6.07, 6.45) is 0. The van der Waals surface area contributed by atoms with Crippen molar-refractivity contribution in [2.75, 3.05) is 5.75 Å². The predicted octanol–water partition coefficient (Wildman–Crippen LogP) is 0.503. The van der Waals surface area contributed by atoms with Gasteiger partial charge in [-0.05, 0) is 24.3 Å². The number of carboxylic acid groups (broad SMARTS) is 1. The van der Waals surface area contributed by atoms with E-state index in [-0.39, 0.29) is 5.75 Å². The molecular formula is C9H11N5O3S. The zero-order valence-electron chi connectivity index (χ0n) is 9.82. The van der Waals surface area contributed by atoms with E-state index in [1.165, 1.54) is 4.68 Å². The van der Waals surface area contributed by atoms with E-state index in [0.29, 0.717) is 17.5 Å². The molecule has 0 saturated carbocycles. The summed E-state index contributed by atoms with van der Waals surface area (Å²) in [5.41, 5.74) is 1.68. The number of hydrogen-bond donors (Lipinski definition) is 1. The Balaban J connectivity index is 2.15. The van der Waals surface area contributed by atoms with E-state index in [1.54, 1.807) is 0 Å². The zero-order chi connectivity index (χ0) is 13.1. The molecule has 0 aliphatic rings. The van der Waals surface area contributed by atoms with Gasteiger partial charge in [-0.3, -0.25) is 4.79 Å². The van der Waals surface area contributed by atoms with Crippen molar-refractivity contribution in [2.24, 2.45) is 0 Å². The Morgan fingerprint density at radius 3 is 2.89 bits per heavy atom. The van der Waals surface area contributed by atoms with Crippen LogP contribution in [-0.4, -0.2) is 42.2 Å². The zero-order valence-corrected chi connectivity index (χ0v) is 10.6. The summed E-state index contributed by atoms with van der Waals surface area (Å²) in [7, 11) is 0. The van der Waals surface area contributed by atoms with E-state index in [1.807, 2.05) is 13.8 Å². The first kappa shape index (κ1) is 12.6. The van der Waals surface area contributed by atoms with Gasteiger partial charge in [0, 0.05) is 5.56 Å². The van der Waals surface area contributed by atoms with Crippen LogP contribution in [0.2, 0.25) is 0 Å². The van der Waals surface area contributed by atoms with Crippen molar-refractivity contribution >= 4 is 17.7 Å². The molecule has 0 fully saturated rings. The molecule has 9 heteroatoms. The van der Waals surface area contributed by atoms with Crippen molar-refractivity contribution < 1.29 is 14.4 Å². The van der Waals surface area contributed by atoms with Gasteiger partial charge in [0.1, 0.15) is 5.76 Å². The molecule has 2 aromatic rings. The highest BCUT2D eigenvalue weighted by molar-refractivity contribution is 7.99. The number of thioether (sulfide) groups is 1. The van der Waals surface area contributed by atoms with Crippen LogP contribution in [0.5, 0.6) is 0 Å². The highest BCUT2D eigenvalue weighted by Crippen LogP contribution is 2.18. The lowest BCUT2D eigenvalue weighted by molar-refractivity contribution is -0.133. The quantitative estimate of drug-likeness (QED) is 0.782. The molecule has 0 atom stereocenters. The summed E-state index contributed by atoms with van der Waals surface area (Å²) in [5, 5.41) is 24.1. The van der Waals surface area contributed by atoms with Gasteiger partial charge in [-0.1, -0.05) is 16.9 Å². The standard InChI is InChI=1S/C9H11N5O3S/c1-5-7(6(2)17-11-5)3-14-9(10-12-13-14)18-4-8(15)16/h3-4H2,1-2H3,(H,15,16). The van der Waals surface area contributed by atoms with Crippen LogP contribution in [0.1, 0.15) is 17.0 Å². The topological polar surface area (TPSA) is 107 Å². The van der Waals surface area contributed by atoms with Crippen LogP contribution >= 0.6 is 11.8 Å². The SMILES string of the molecule is Cc1noc(C)c1Cn1nnnc1SCC(=O)O. The number of carbonyl (C=O) groups is 1.